The molecule has 0 unspecified atom stereocenters. The van der Waals surface area contributed by atoms with Crippen molar-refractivity contribution in [2.24, 2.45) is 0 Å². The van der Waals surface area contributed by atoms with E-state index in [2.05, 4.69) is 286 Å². The van der Waals surface area contributed by atoms with E-state index in [1.54, 1.807) is 0 Å². The van der Waals surface area contributed by atoms with Crippen LogP contribution >= 0.6 is 0 Å². The summed E-state index contributed by atoms with van der Waals surface area (Å²) in [5.74, 6) is 5.95. The van der Waals surface area contributed by atoms with Gasteiger partial charge in [0.05, 0.1) is 22.4 Å². The van der Waals surface area contributed by atoms with E-state index in [1.807, 2.05) is 0 Å². The number of aromatic nitrogens is 2. The molecular formula is C84H74B2N2O2. The molecule has 0 radical (unpaired) electrons. The Labute approximate surface area is 530 Å². The Kier molecular flexibility index (Phi) is 12.3. The molecule has 4 aliphatic rings. The molecule has 0 saturated heterocycles. The number of nitrogens with zero attached hydrogens (tertiary/aromatic N) is 2. The fourth-order valence-corrected chi connectivity index (χ4v) is 15.8. The van der Waals surface area contributed by atoms with Crippen molar-refractivity contribution in [1.82, 2.24) is 9.13 Å². The molecule has 13 aromatic rings. The van der Waals surface area contributed by atoms with Crippen molar-refractivity contribution in [2.75, 3.05) is 0 Å². The number of hydrogen-bond acceptors (Lipinski definition) is 2. The fraction of sp³-hybridized carbons (Fsp3) is 0.214. The van der Waals surface area contributed by atoms with Crippen LogP contribution < -0.4 is 42.3 Å². The topological polar surface area (TPSA) is 28.3 Å². The van der Waals surface area contributed by atoms with E-state index in [0.29, 0.717) is 35.5 Å². The normalized spacial score (nSPS) is 13.4. The highest BCUT2D eigenvalue weighted by Gasteiger charge is 2.51. The quantitative estimate of drug-likeness (QED) is 0.128. The van der Waals surface area contributed by atoms with Crippen molar-refractivity contribution in [1.29, 1.82) is 0 Å². The summed E-state index contributed by atoms with van der Waals surface area (Å²) >= 11 is 0. The second kappa shape index (κ2) is 20.1. The van der Waals surface area contributed by atoms with Gasteiger partial charge in [0, 0.05) is 43.5 Å². The zero-order valence-electron chi connectivity index (χ0n) is 53.8. The third-order valence-corrected chi connectivity index (χ3v) is 20.9. The van der Waals surface area contributed by atoms with Crippen LogP contribution in [0.15, 0.2) is 194 Å². The molecule has 0 saturated carbocycles. The molecule has 4 aliphatic heterocycles. The Hall–Kier alpha value is -9.25. The van der Waals surface area contributed by atoms with E-state index in [1.165, 1.54) is 132 Å². The van der Waals surface area contributed by atoms with Crippen LogP contribution in [0.5, 0.6) is 23.0 Å². The van der Waals surface area contributed by atoms with Gasteiger partial charge in [-0.15, -0.1) is 0 Å². The maximum atomic E-state index is 7.95. The molecule has 2 aromatic heterocycles. The molecule has 0 spiro atoms. The summed E-state index contributed by atoms with van der Waals surface area (Å²) in [7, 11) is 0. The molecule has 0 amide bonds. The molecule has 6 heterocycles. The van der Waals surface area contributed by atoms with E-state index in [0.717, 1.165) is 56.3 Å². The van der Waals surface area contributed by atoms with Crippen molar-refractivity contribution >= 4 is 89.8 Å². The highest BCUT2D eigenvalue weighted by molar-refractivity contribution is 7.02. The maximum absolute atomic E-state index is 7.95. The Morgan fingerprint density at radius 3 is 0.878 bits per heavy atom. The smallest absolute Gasteiger partial charge is 0.256 e. The van der Waals surface area contributed by atoms with E-state index < -0.39 is 0 Å². The maximum Gasteiger partial charge on any atom is 0.256 e. The lowest BCUT2D eigenvalue weighted by Crippen LogP contribution is -2.63. The van der Waals surface area contributed by atoms with Gasteiger partial charge in [-0.2, -0.15) is 0 Å². The van der Waals surface area contributed by atoms with Crippen LogP contribution in [0.2, 0.25) is 0 Å². The van der Waals surface area contributed by atoms with Crippen LogP contribution in [0.4, 0.5) is 0 Å². The summed E-state index contributed by atoms with van der Waals surface area (Å²) < 4.78 is 21.1. The largest absolute Gasteiger partial charge is 0.456 e. The predicted octanol–water partition coefficient (Wildman–Crippen LogP) is 19.2. The molecule has 438 valence electrons. The van der Waals surface area contributed by atoms with E-state index in [9.17, 15) is 0 Å². The van der Waals surface area contributed by atoms with E-state index in [4.69, 9.17) is 9.47 Å². The van der Waals surface area contributed by atoms with Gasteiger partial charge in [-0.25, -0.2) is 0 Å². The van der Waals surface area contributed by atoms with Crippen molar-refractivity contribution in [2.45, 2.75) is 119 Å². The van der Waals surface area contributed by atoms with Crippen molar-refractivity contribution < 1.29 is 9.47 Å². The second-order valence-electron chi connectivity index (χ2n) is 28.3. The molecule has 0 bridgehead atoms. The summed E-state index contributed by atoms with van der Waals surface area (Å²) in [6.07, 6.45) is 0. The van der Waals surface area contributed by atoms with Crippen LogP contribution in [0.1, 0.15) is 152 Å². The van der Waals surface area contributed by atoms with Crippen LogP contribution in [0.3, 0.4) is 0 Å². The van der Waals surface area contributed by atoms with Crippen molar-refractivity contribution in [3.05, 3.63) is 228 Å². The van der Waals surface area contributed by atoms with Gasteiger partial charge in [0.2, 0.25) is 0 Å². The summed E-state index contributed by atoms with van der Waals surface area (Å²) in [5.41, 5.74) is 31.7. The lowest BCUT2D eigenvalue weighted by molar-refractivity contribution is 0.472. The van der Waals surface area contributed by atoms with Gasteiger partial charge in [0.1, 0.15) is 23.0 Å². The van der Waals surface area contributed by atoms with Gasteiger partial charge < -0.3 is 18.6 Å². The monoisotopic (exact) mass is 1160 g/mol. The van der Waals surface area contributed by atoms with Gasteiger partial charge in [-0.05, 0) is 184 Å². The van der Waals surface area contributed by atoms with Crippen molar-refractivity contribution in [3.63, 3.8) is 0 Å². The number of rotatable bonds is 10. The van der Waals surface area contributed by atoms with Gasteiger partial charge in [0.25, 0.3) is 13.4 Å². The fourth-order valence-electron chi connectivity index (χ4n) is 15.8. The van der Waals surface area contributed by atoms with Crippen LogP contribution in [0, 0.1) is 0 Å². The summed E-state index contributed by atoms with van der Waals surface area (Å²) in [4.78, 5) is 0. The SMILES string of the molecule is CC(C)c1ccc(-c2ccc3c(c2)c2cc(-c4ccc(C(C)C)cc4)cc4c2n3-c2c3c5c(c6c2B4c2cc(C(C)C)ccc2O6)-n2c4ccc(-c6ccc(C(C)C)cc6)cc4c4cc(-c6ccc(C(C)C)cc6)cc(c42)B5c2cc(C(C)C)ccc2O3)cc1. The average Bonchev–Trinajstić information content (AvgIpc) is 1.28. The first-order valence-corrected chi connectivity index (χ1v) is 33.1. The highest BCUT2D eigenvalue weighted by atomic mass is 16.5. The van der Waals surface area contributed by atoms with Crippen LogP contribution in [0.25, 0.3) is 99.5 Å². The first kappa shape index (κ1) is 54.9. The predicted molar refractivity (Wildman–Crippen MR) is 384 cm³/mol. The first-order valence-electron chi connectivity index (χ1n) is 33.1. The molecule has 0 aliphatic carbocycles. The van der Waals surface area contributed by atoms with E-state index >= 15 is 0 Å². The number of hydrogen-bond donors (Lipinski definition) is 0. The highest BCUT2D eigenvalue weighted by Crippen LogP contribution is 2.50. The first-order chi connectivity index (χ1) is 43.6. The Balaban J connectivity index is 1.03. The number of fused-ring (bicyclic) bond motifs is 16. The summed E-state index contributed by atoms with van der Waals surface area (Å²) in [5, 5.41) is 4.90. The van der Waals surface area contributed by atoms with Gasteiger partial charge in [-0.3, -0.25) is 0 Å². The molecule has 6 heteroatoms. The minimum absolute atomic E-state index is 0.210. The average molecular weight is 1170 g/mol. The minimum Gasteiger partial charge on any atom is -0.456 e. The third kappa shape index (κ3) is 8.08. The summed E-state index contributed by atoms with van der Waals surface area (Å²) in [6, 6.07) is 75.7. The molecular weight excluding hydrogens is 1090 g/mol. The lowest BCUT2D eigenvalue weighted by atomic mass is 9.31. The van der Waals surface area contributed by atoms with Crippen molar-refractivity contribution in [3.8, 4) is 78.9 Å². The molecule has 0 N–H and O–H groups in total. The van der Waals surface area contributed by atoms with Crippen LogP contribution in [-0.2, 0) is 0 Å². The Morgan fingerprint density at radius 1 is 0.267 bits per heavy atom. The molecule has 90 heavy (non-hydrogen) atoms. The van der Waals surface area contributed by atoms with E-state index in [-0.39, 0.29) is 13.4 Å². The summed E-state index contributed by atoms with van der Waals surface area (Å²) in [6.45, 7) is 27.0. The molecule has 0 fully saturated rings. The molecule has 4 nitrogen and oxygen atoms in total. The minimum atomic E-state index is -0.210. The third-order valence-electron chi connectivity index (χ3n) is 20.9. The van der Waals surface area contributed by atoms with Gasteiger partial charge in [0.15, 0.2) is 0 Å². The molecule has 0 atom stereocenters. The van der Waals surface area contributed by atoms with Gasteiger partial charge >= 0.3 is 0 Å². The molecule has 17 rings (SSSR count). The molecule has 11 aromatic carbocycles. The Morgan fingerprint density at radius 2 is 0.556 bits per heavy atom. The number of benzene rings is 11. The zero-order chi connectivity index (χ0) is 61.4. The standard InChI is InChI=1S/C84H74B2N2O2/c1-45(2)51-13-21-55(22-14-51)61-29-33-73-65(37-61)67-39-63(57-25-17-53(18-26-57)47(5)6)43-71-79(67)87(73)81-77-84(90-75-35-31-59(49(9)10)41-69(75)85(71)77)82-78-83(81)89-76-36-32-60(50(11)12)42-70(76)86(78)72-44-64(58-27-19-54(20-28-58)48(7)8)40-68-66-38-62(30-34-74(66)88(82)80(68)72)56-23-15-52(16-24-56)46(3)4/h13-50H,1-12H3. The Bertz CT molecular complexity index is 4850. The second-order valence-corrected chi connectivity index (χ2v) is 28.3. The van der Waals surface area contributed by atoms with Gasteiger partial charge in [-0.1, -0.05) is 229 Å². The zero-order valence-corrected chi connectivity index (χ0v) is 53.8. The van der Waals surface area contributed by atoms with Crippen LogP contribution in [-0.4, -0.2) is 22.6 Å². The number of ether oxygens (including phenoxy) is 2. The lowest BCUT2D eigenvalue weighted by Gasteiger charge is -2.41.